The van der Waals surface area contributed by atoms with Gasteiger partial charge in [0.25, 0.3) is 5.91 Å². The van der Waals surface area contributed by atoms with Gasteiger partial charge in [-0.05, 0) is 50.0 Å². The minimum absolute atomic E-state index is 0.0721. The average molecular weight is 367 g/mol. The second-order valence-electron chi connectivity index (χ2n) is 7.42. The monoisotopic (exact) mass is 367 g/mol. The van der Waals surface area contributed by atoms with E-state index < -0.39 is 5.60 Å². The molecule has 27 heavy (non-hydrogen) atoms. The summed E-state index contributed by atoms with van der Waals surface area (Å²) in [6, 6.07) is 12.7. The minimum Gasteiger partial charge on any atom is -0.505 e. The number of aromatic hydroxyl groups is 1. The van der Waals surface area contributed by atoms with Gasteiger partial charge in [-0.3, -0.25) is 9.69 Å². The summed E-state index contributed by atoms with van der Waals surface area (Å²) in [5, 5.41) is 21.6. The van der Waals surface area contributed by atoms with E-state index in [-0.39, 0.29) is 23.4 Å². The number of aromatic nitrogens is 1. The first-order valence-electron chi connectivity index (χ1n) is 9.55. The zero-order valence-corrected chi connectivity index (χ0v) is 15.3. The molecule has 0 aliphatic carbocycles. The SMILES string of the molecule is O=C(c1ncccc1O)N1CC[C@](O)(c2ccccc2)[C@H](N2CCCC2)C1. The third-order valence-electron chi connectivity index (χ3n) is 5.84. The fourth-order valence-corrected chi connectivity index (χ4v) is 4.35. The third-order valence-corrected chi connectivity index (χ3v) is 5.84. The molecule has 1 aromatic heterocycles. The molecule has 3 heterocycles. The number of amides is 1. The van der Waals surface area contributed by atoms with Gasteiger partial charge in [-0.15, -0.1) is 0 Å². The standard InChI is InChI=1S/C21H25N3O3/c25-17-9-6-11-22-19(17)20(26)24-14-10-21(27,16-7-2-1-3-8-16)18(15-24)23-12-4-5-13-23/h1-3,6-9,11,18,25,27H,4-5,10,12-15H2/t18-,21+/m1/s1. The summed E-state index contributed by atoms with van der Waals surface area (Å²) in [4.78, 5) is 21.0. The second-order valence-corrected chi connectivity index (χ2v) is 7.42. The maximum absolute atomic E-state index is 12.9. The van der Waals surface area contributed by atoms with Gasteiger partial charge in [0.15, 0.2) is 5.69 Å². The van der Waals surface area contributed by atoms with Crippen LogP contribution in [-0.4, -0.2) is 63.1 Å². The number of hydrogen-bond donors (Lipinski definition) is 2. The van der Waals surface area contributed by atoms with Crippen molar-refractivity contribution >= 4 is 5.91 Å². The van der Waals surface area contributed by atoms with E-state index in [1.165, 1.54) is 12.3 Å². The molecule has 4 rings (SSSR count). The zero-order chi connectivity index (χ0) is 18.9. The second kappa shape index (κ2) is 7.29. The first-order valence-corrected chi connectivity index (χ1v) is 9.55. The lowest BCUT2D eigenvalue weighted by molar-refractivity contribution is -0.0878. The molecule has 2 aliphatic rings. The smallest absolute Gasteiger partial charge is 0.276 e. The number of hydrogen-bond acceptors (Lipinski definition) is 5. The summed E-state index contributed by atoms with van der Waals surface area (Å²) in [6.07, 6.45) is 4.18. The van der Waals surface area contributed by atoms with Gasteiger partial charge in [0, 0.05) is 19.3 Å². The lowest BCUT2D eigenvalue weighted by Crippen LogP contribution is -2.61. The van der Waals surface area contributed by atoms with Crippen molar-refractivity contribution in [3.05, 3.63) is 59.9 Å². The van der Waals surface area contributed by atoms with Crippen LogP contribution in [0.4, 0.5) is 0 Å². The maximum Gasteiger partial charge on any atom is 0.276 e. The lowest BCUT2D eigenvalue weighted by Gasteiger charge is -2.48. The third kappa shape index (κ3) is 3.31. The highest BCUT2D eigenvalue weighted by atomic mass is 16.3. The minimum atomic E-state index is -0.992. The van der Waals surface area contributed by atoms with Crippen molar-refractivity contribution in [1.29, 1.82) is 0 Å². The summed E-state index contributed by atoms with van der Waals surface area (Å²) < 4.78 is 0. The van der Waals surface area contributed by atoms with E-state index in [1.54, 1.807) is 11.0 Å². The molecule has 0 saturated carbocycles. The number of benzene rings is 1. The molecule has 2 N–H and O–H groups in total. The highest BCUT2D eigenvalue weighted by Crippen LogP contribution is 2.37. The van der Waals surface area contributed by atoms with Crippen LogP contribution in [0.25, 0.3) is 0 Å². The summed E-state index contributed by atoms with van der Waals surface area (Å²) >= 11 is 0. The van der Waals surface area contributed by atoms with E-state index in [2.05, 4.69) is 9.88 Å². The van der Waals surface area contributed by atoms with E-state index in [0.29, 0.717) is 19.5 Å². The number of pyridine rings is 1. The fraction of sp³-hybridized carbons (Fsp3) is 0.429. The molecule has 1 amide bonds. The van der Waals surface area contributed by atoms with Crippen molar-refractivity contribution < 1.29 is 15.0 Å². The van der Waals surface area contributed by atoms with Crippen molar-refractivity contribution in [2.24, 2.45) is 0 Å². The van der Waals surface area contributed by atoms with Crippen LogP contribution < -0.4 is 0 Å². The molecule has 0 bridgehead atoms. The van der Waals surface area contributed by atoms with Gasteiger partial charge in [0.2, 0.25) is 0 Å². The molecule has 2 aliphatic heterocycles. The molecule has 6 nitrogen and oxygen atoms in total. The molecule has 0 unspecified atom stereocenters. The molecule has 0 spiro atoms. The largest absolute Gasteiger partial charge is 0.505 e. The van der Waals surface area contributed by atoms with Crippen molar-refractivity contribution in [3.8, 4) is 5.75 Å². The molecule has 2 fully saturated rings. The van der Waals surface area contributed by atoms with Crippen molar-refractivity contribution in [2.75, 3.05) is 26.2 Å². The normalized spacial score (nSPS) is 26.3. The van der Waals surface area contributed by atoms with E-state index in [1.807, 2.05) is 30.3 Å². The highest BCUT2D eigenvalue weighted by Gasteiger charge is 2.47. The fourth-order valence-electron chi connectivity index (χ4n) is 4.35. The lowest BCUT2D eigenvalue weighted by atomic mass is 9.79. The molecule has 2 saturated heterocycles. The van der Waals surface area contributed by atoms with Crippen molar-refractivity contribution in [1.82, 2.24) is 14.8 Å². The molecular weight excluding hydrogens is 342 g/mol. The maximum atomic E-state index is 12.9. The van der Waals surface area contributed by atoms with Gasteiger partial charge in [-0.25, -0.2) is 4.98 Å². The first kappa shape index (κ1) is 17.9. The molecule has 0 radical (unpaired) electrons. The van der Waals surface area contributed by atoms with Gasteiger partial charge in [-0.2, -0.15) is 0 Å². The van der Waals surface area contributed by atoms with Crippen LogP contribution in [0, 0.1) is 0 Å². The van der Waals surface area contributed by atoms with E-state index in [0.717, 1.165) is 31.5 Å². The molecule has 142 valence electrons. The summed E-state index contributed by atoms with van der Waals surface area (Å²) in [5.41, 5.74) is -0.0216. The van der Waals surface area contributed by atoms with Crippen molar-refractivity contribution in [3.63, 3.8) is 0 Å². The van der Waals surface area contributed by atoms with Gasteiger partial charge < -0.3 is 15.1 Å². The molecule has 6 heteroatoms. The molecule has 2 aromatic rings. The number of likely N-dealkylation sites (tertiary alicyclic amines) is 2. The van der Waals surface area contributed by atoms with Gasteiger partial charge in [-0.1, -0.05) is 30.3 Å². The highest BCUT2D eigenvalue weighted by molar-refractivity contribution is 5.94. The van der Waals surface area contributed by atoms with Crippen LogP contribution in [0.2, 0.25) is 0 Å². The summed E-state index contributed by atoms with van der Waals surface area (Å²) in [6.45, 7) is 2.69. The quantitative estimate of drug-likeness (QED) is 0.868. The van der Waals surface area contributed by atoms with Crippen LogP contribution in [0.3, 0.4) is 0 Å². The van der Waals surface area contributed by atoms with Crippen molar-refractivity contribution in [2.45, 2.75) is 30.9 Å². The van der Waals surface area contributed by atoms with Gasteiger partial charge in [0.1, 0.15) is 11.4 Å². The summed E-state index contributed by atoms with van der Waals surface area (Å²) in [5.74, 6) is -0.392. The number of piperidine rings is 1. The number of carbonyl (C=O) groups excluding carboxylic acids is 1. The topological polar surface area (TPSA) is 76.9 Å². The summed E-state index contributed by atoms with van der Waals surface area (Å²) in [7, 11) is 0. The number of nitrogens with zero attached hydrogens (tertiary/aromatic N) is 3. The Labute approximate surface area is 159 Å². The predicted octanol–water partition coefficient (Wildman–Crippen LogP) is 1.99. The Bertz CT molecular complexity index is 807. The molecule has 2 atom stereocenters. The average Bonchev–Trinajstić information content (AvgIpc) is 3.23. The van der Waals surface area contributed by atoms with Crippen LogP contribution in [0.15, 0.2) is 48.7 Å². The van der Waals surface area contributed by atoms with E-state index in [9.17, 15) is 15.0 Å². The van der Waals surface area contributed by atoms with E-state index in [4.69, 9.17) is 0 Å². The molecule has 1 aromatic carbocycles. The Morgan fingerprint density at radius 1 is 1.07 bits per heavy atom. The van der Waals surface area contributed by atoms with Crippen LogP contribution in [0.1, 0.15) is 35.3 Å². The first-order chi connectivity index (χ1) is 13.1. The predicted molar refractivity (Wildman–Crippen MR) is 101 cm³/mol. The van der Waals surface area contributed by atoms with Gasteiger partial charge >= 0.3 is 0 Å². The van der Waals surface area contributed by atoms with Gasteiger partial charge in [0.05, 0.1) is 6.04 Å². The van der Waals surface area contributed by atoms with E-state index >= 15 is 0 Å². The van der Waals surface area contributed by atoms with Crippen LogP contribution >= 0.6 is 0 Å². The Morgan fingerprint density at radius 3 is 2.52 bits per heavy atom. The van der Waals surface area contributed by atoms with Crippen LogP contribution in [0.5, 0.6) is 5.75 Å². The zero-order valence-electron chi connectivity index (χ0n) is 15.3. The molecular formula is C21H25N3O3. The number of carbonyl (C=O) groups is 1. The Morgan fingerprint density at radius 2 is 1.81 bits per heavy atom. The van der Waals surface area contributed by atoms with Crippen LogP contribution in [-0.2, 0) is 5.60 Å². The number of aliphatic hydroxyl groups is 1. The Hall–Kier alpha value is -2.44. The Kier molecular flexibility index (Phi) is 4.85. The Balaban J connectivity index is 1.63. The number of rotatable bonds is 3.